The summed E-state index contributed by atoms with van der Waals surface area (Å²) in [7, 11) is 1.34. The molecule has 0 spiro atoms. The van der Waals surface area contributed by atoms with E-state index in [9.17, 15) is 20.1 Å². The van der Waals surface area contributed by atoms with Gasteiger partial charge in [-0.1, -0.05) is 48.0 Å². The number of amides is 1. The summed E-state index contributed by atoms with van der Waals surface area (Å²) in [6, 6.07) is 17.8. The first kappa shape index (κ1) is 20.7. The lowest BCUT2D eigenvalue weighted by Gasteiger charge is -2.30. The largest absolute Gasteiger partial charge is 0.504 e. The highest BCUT2D eigenvalue weighted by molar-refractivity contribution is 6.30. The van der Waals surface area contributed by atoms with Crippen molar-refractivity contribution in [2.75, 3.05) is 19.0 Å². The first-order valence-electron chi connectivity index (χ1n) is 8.76. The Kier molecular flexibility index (Phi) is 6.08. The lowest BCUT2D eigenvalue weighted by Crippen LogP contribution is -2.45. The van der Waals surface area contributed by atoms with Gasteiger partial charge in [0.25, 0.3) is 5.91 Å². The SMILES string of the molecule is COC(CO)(C(=O)Nc1ccccc1-c1ccc(O)c(O)c1)c1ccc(Cl)cc1. The number of ether oxygens (including phenoxy) is 1. The molecule has 3 aromatic rings. The zero-order valence-corrected chi connectivity index (χ0v) is 16.3. The van der Waals surface area contributed by atoms with Gasteiger partial charge in [-0.15, -0.1) is 0 Å². The number of methoxy groups -OCH3 is 1. The van der Waals surface area contributed by atoms with E-state index >= 15 is 0 Å². The molecule has 1 unspecified atom stereocenters. The van der Waals surface area contributed by atoms with E-state index in [1.807, 2.05) is 0 Å². The van der Waals surface area contributed by atoms with E-state index in [4.69, 9.17) is 16.3 Å². The number of aromatic hydroxyl groups is 2. The number of anilines is 1. The second-order valence-electron chi connectivity index (χ2n) is 6.40. The van der Waals surface area contributed by atoms with Crippen molar-refractivity contribution in [3.8, 4) is 22.6 Å². The standard InChI is InChI=1S/C22H20ClNO5/c1-29-22(13-25,15-7-9-16(23)10-8-15)21(28)24-18-5-3-2-4-17(18)14-6-11-19(26)20(27)12-14/h2-12,25-27H,13H2,1H3,(H,24,28). The van der Waals surface area contributed by atoms with Gasteiger partial charge in [0.05, 0.1) is 6.61 Å². The number of carbonyl (C=O) groups is 1. The third-order valence-electron chi connectivity index (χ3n) is 4.71. The minimum Gasteiger partial charge on any atom is -0.504 e. The molecule has 0 radical (unpaired) electrons. The number of aliphatic hydroxyl groups is 1. The van der Waals surface area contributed by atoms with Gasteiger partial charge in [0.2, 0.25) is 0 Å². The van der Waals surface area contributed by atoms with Gasteiger partial charge in [0, 0.05) is 23.4 Å². The number of para-hydroxylation sites is 1. The Labute approximate surface area is 173 Å². The van der Waals surface area contributed by atoms with E-state index in [-0.39, 0.29) is 11.5 Å². The number of phenols is 2. The van der Waals surface area contributed by atoms with Crippen molar-refractivity contribution in [1.82, 2.24) is 0 Å². The van der Waals surface area contributed by atoms with Crippen LogP contribution in [0.2, 0.25) is 5.02 Å². The number of benzene rings is 3. The van der Waals surface area contributed by atoms with Crippen LogP contribution >= 0.6 is 11.6 Å². The summed E-state index contributed by atoms with van der Waals surface area (Å²) in [5.74, 6) is -1.08. The molecule has 0 bridgehead atoms. The maximum Gasteiger partial charge on any atom is 0.263 e. The number of aliphatic hydroxyl groups excluding tert-OH is 1. The molecule has 0 aliphatic heterocycles. The summed E-state index contributed by atoms with van der Waals surface area (Å²) in [5.41, 5.74) is 0.481. The number of phenolic OH excluding ortho intramolecular Hbond substituents is 2. The van der Waals surface area contributed by atoms with Crippen molar-refractivity contribution in [2.45, 2.75) is 5.60 Å². The summed E-state index contributed by atoms with van der Waals surface area (Å²) in [6.07, 6.45) is 0. The highest BCUT2D eigenvalue weighted by Gasteiger charge is 2.40. The highest BCUT2D eigenvalue weighted by atomic mass is 35.5. The van der Waals surface area contributed by atoms with Gasteiger partial charge >= 0.3 is 0 Å². The van der Waals surface area contributed by atoms with Crippen LogP contribution in [0, 0.1) is 0 Å². The number of rotatable bonds is 6. The van der Waals surface area contributed by atoms with Gasteiger partial charge in [-0.3, -0.25) is 4.79 Å². The number of halogens is 1. The molecule has 1 atom stereocenters. The van der Waals surface area contributed by atoms with Gasteiger partial charge in [-0.05, 0) is 41.5 Å². The fraction of sp³-hybridized carbons (Fsp3) is 0.136. The van der Waals surface area contributed by atoms with Gasteiger partial charge in [-0.25, -0.2) is 0 Å². The third-order valence-corrected chi connectivity index (χ3v) is 4.96. The van der Waals surface area contributed by atoms with Crippen molar-refractivity contribution in [2.24, 2.45) is 0 Å². The van der Waals surface area contributed by atoms with Crippen molar-refractivity contribution in [3.63, 3.8) is 0 Å². The molecule has 0 fully saturated rings. The molecule has 7 heteroatoms. The molecule has 0 saturated carbocycles. The predicted octanol–water partition coefficient (Wildman–Crippen LogP) is 3.89. The Hall–Kier alpha value is -3.06. The quantitative estimate of drug-likeness (QED) is 0.459. The van der Waals surface area contributed by atoms with Crippen LogP contribution < -0.4 is 5.32 Å². The Balaban J connectivity index is 1.99. The molecule has 1 amide bonds. The fourth-order valence-corrected chi connectivity index (χ4v) is 3.17. The summed E-state index contributed by atoms with van der Waals surface area (Å²) in [4.78, 5) is 13.2. The molecule has 6 nitrogen and oxygen atoms in total. The Morgan fingerprint density at radius 1 is 1.03 bits per heavy atom. The first-order valence-corrected chi connectivity index (χ1v) is 9.14. The molecule has 3 aromatic carbocycles. The van der Waals surface area contributed by atoms with Crippen LogP contribution in [0.15, 0.2) is 66.7 Å². The minimum absolute atomic E-state index is 0.239. The second kappa shape index (κ2) is 8.53. The van der Waals surface area contributed by atoms with Crippen molar-refractivity contribution in [3.05, 3.63) is 77.3 Å². The van der Waals surface area contributed by atoms with Crippen molar-refractivity contribution < 1.29 is 24.9 Å². The molecule has 3 rings (SSSR count). The van der Waals surface area contributed by atoms with Crippen molar-refractivity contribution in [1.29, 1.82) is 0 Å². The highest BCUT2D eigenvalue weighted by Crippen LogP contribution is 2.35. The van der Waals surface area contributed by atoms with Crippen molar-refractivity contribution >= 4 is 23.2 Å². The smallest absolute Gasteiger partial charge is 0.263 e. The van der Waals surface area contributed by atoms with E-state index in [0.29, 0.717) is 27.4 Å². The average molecular weight is 414 g/mol. The van der Waals surface area contributed by atoms with Gasteiger partial charge in [-0.2, -0.15) is 0 Å². The first-order chi connectivity index (χ1) is 13.9. The summed E-state index contributed by atoms with van der Waals surface area (Å²) >= 11 is 5.93. The number of carbonyl (C=O) groups excluding carboxylic acids is 1. The van der Waals surface area contributed by atoms with Crippen LogP contribution in [0.3, 0.4) is 0 Å². The number of hydrogen-bond donors (Lipinski definition) is 4. The molecule has 0 aromatic heterocycles. The van der Waals surface area contributed by atoms with Crippen LogP contribution in [0.25, 0.3) is 11.1 Å². The fourth-order valence-electron chi connectivity index (χ4n) is 3.05. The minimum atomic E-state index is -1.63. The van der Waals surface area contributed by atoms with Gasteiger partial charge in [0.1, 0.15) is 0 Å². The predicted molar refractivity (Wildman–Crippen MR) is 111 cm³/mol. The molecular formula is C22H20ClNO5. The van der Waals surface area contributed by atoms with E-state index < -0.39 is 18.1 Å². The summed E-state index contributed by atoms with van der Waals surface area (Å²) in [5, 5.41) is 32.7. The Morgan fingerprint density at radius 3 is 2.34 bits per heavy atom. The third kappa shape index (κ3) is 4.05. The second-order valence-corrected chi connectivity index (χ2v) is 6.84. The Morgan fingerprint density at radius 2 is 1.72 bits per heavy atom. The number of nitrogens with one attached hydrogen (secondary N) is 1. The molecular weight excluding hydrogens is 394 g/mol. The van der Waals surface area contributed by atoms with Crippen LogP contribution in [-0.2, 0) is 15.1 Å². The van der Waals surface area contributed by atoms with Gasteiger partial charge in [0.15, 0.2) is 17.1 Å². The molecule has 0 heterocycles. The maximum atomic E-state index is 13.2. The molecule has 0 aliphatic carbocycles. The molecule has 0 aliphatic rings. The molecule has 4 N–H and O–H groups in total. The monoisotopic (exact) mass is 413 g/mol. The van der Waals surface area contributed by atoms with Crippen LogP contribution in [0.4, 0.5) is 5.69 Å². The number of hydrogen-bond acceptors (Lipinski definition) is 5. The van der Waals surface area contributed by atoms with Crippen LogP contribution in [0.1, 0.15) is 5.56 Å². The molecule has 150 valence electrons. The molecule has 0 saturated heterocycles. The lowest BCUT2D eigenvalue weighted by atomic mass is 9.92. The van der Waals surface area contributed by atoms with E-state index in [0.717, 1.165) is 0 Å². The summed E-state index contributed by atoms with van der Waals surface area (Å²) < 4.78 is 5.45. The topological polar surface area (TPSA) is 99.0 Å². The zero-order chi connectivity index (χ0) is 21.0. The maximum absolute atomic E-state index is 13.2. The normalized spacial score (nSPS) is 12.9. The van der Waals surface area contributed by atoms with E-state index in [1.165, 1.54) is 19.2 Å². The van der Waals surface area contributed by atoms with E-state index in [1.54, 1.807) is 54.6 Å². The zero-order valence-electron chi connectivity index (χ0n) is 15.6. The summed E-state index contributed by atoms with van der Waals surface area (Å²) in [6.45, 7) is -0.584. The van der Waals surface area contributed by atoms with E-state index in [2.05, 4.69) is 5.32 Å². The average Bonchev–Trinajstić information content (AvgIpc) is 2.73. The van der Waals surface area contributed by atoms with Crippen LogP contribution in [-0.4, -0.2) is 34.9 Å². The lowest BCUT2D eigenvalue weighted by molar-refractivity contribution is -0.144. The van der Waals surface area contributed by atoms with Gasteiger partial charge < -0.3 is 25.4 Å². The molecule has 29 heavy (non-hydrogen) atoms. The van der Waals surface area contributed by atoms with Crippen LogP contribution in [0.5, 0.6) is 11.5 Å². The Bertz CT molecular complexity index is 1020.